The number of allylic oxidation sites excluding steroid dienone is 3. The molecule has 0 radical (unpaired) electrons. The van der Waals surface area contributed by atoms with Gasteiger partial charge in [-0.3, -0.25) is 4.79 Å². The van der Waals surface area contributed by atoms with Crippen molar-refractivity contribution in [3.63, 3.8) is 0 Å². The summed E-state index contributed by atoms with van der Waals surface area (Å²) in [5.41, 5.74) is 0.810. The van der Waals surface area contributed by atoms with Crippen molar-refractivity contribution in [2.75, 3.05) is 14.2 Å². The summed E-state index contributed by atoms with van der Waals surface area (Å²) >= 11 is 0. The first-order chi connectivity index (χ1) is 14.3. The number of hydrogen-bond acceptors (Lipinski definition) is 4. The number of benzene rings is 2. The van der Waals surface area contributed by atoms with Crippen LogP contribution in [-0.2, 0) is 9.45 Å². The van der Waals surface area contributed by atoms with Crippen LogP contribution in [0.25, 0.3) is 12.2 Å². The van der Waals surface area contributed by atoms with E-state index in [0.717, 1.165) is 30.4 Å². The molecule has 2 rings (SSSR count). The zero-order chi connectivity index (χ0) is 22.1. The first kappa shape index (κ1) is 22.8. The fourth-order valence-electron chi connectivity index (χ4n) is 2.40. The van der Waals surface area contributed by atoms with E-state index in [0.29, 0.717) is 11.1 Å². The normalized spacial score (nSPS) is 11.7. The van der Waals surface area contributed by atoms with Crippen LogP contribution >= 0.6 is 0 Å². The molecule has 9 heteroatoms. The number of hydrogen-bond donors (Lipinski definition) is 0. The Morgan fingerprint density at radius 2 is 1.37 bits per heavy atom. The summed E-state index contributed by atoms with van der Waals surface area (Å²) in [6.45, 7) is 0. The average Bonchev–Trinajstić information content (AvgIpc) is 2.71. The van der Waals surface area contributed by atoms with E-state index in [4.69, 9.17) is 9.47 Å². The maximum absolute atomic E-state index is 13.3. The van der Waals surface area contributed by atoms with Crippen LogP contribution in [0.3, 0.4) is 0 Å². The topological polar surface area (TPSA) is 44.8 Å². The second-order valence-electron chi connectivity index (χ2n) is 5.77. The molecule has 0 saturated heterocycles. The molecule has 0 N–H and O–H groups in total. The predicted molar refractivity (Wildman–Crippen MR) is 106 cm³/mol. The number of ether oxygens (including phenoxy) is 2. The van der Waals surface area contributed by atoms with Crippen molar-refractivity contribution in [3.05, 3.63) is 83.1 Å². The van der Waals surface area contributed by atoms with Crippen LogP contribution in [0.4, 0.5) is 17.4 Å². The molecule has 0 unspecified atom stereocenters. The second kappa shape index (κ2) is 10.9. The molecule has 0 bridgehead atoms. The molecule has 2 aromatic carbocycles. The van der Waals surface area contributed by atoms with Gasteiger partial charge >= 0.3 is 7.47 Å². The highest BCUT2D eigenvalue weighted by Crippen LogP contribution is 2.23. The molecule has 2 aromatic rings. The lowest BCUT2D eigenvalue weighted by molar-refractivity contribution is -0.110. The first-order valence-corrected chi connectivity index (χ1v) is 8.56. The highest BCUT2D eigenvalue weighted by atomic mass is 19.2. The minimum atomic E-state index is -3.16. The van der Waals surface area contributed by atoms with Gasteiger partial charge < -0.3 is 14.1 Å². The molecule has 156 valence electrons. The summed E-state index contributed by atoms with van der Waals surface area (Å²) in [5, 5.41) is 0. The van der Waals surface area contributed by atoms with Crippen LogP contribution in [0.2, 0.25) is 0 Å². The van der Waals surface area contributed by atoms with Crippen molar-refractivity contribution in [2.45, 2.75) is 0 Å². The third-order valence-corrected chi connectivity index (χ3v) is 3.76. The minimum Gasteiger partial charge on any atom is -0.505 e. The molecule has 0 aliphatic rings. The number of methoxy groups -OCH3 is 2. The summed E-state index contributed by atoms with van der Waals surface area (Å²) in [5.74, 6) is -1.73. The second-order valence-corrected chi connectivity index (χ2v) is 5.77. The number of rotatable bonds is 9. The van der Waals surface area contributed by atoms with E-state index in [9.17, 15) is 22.2 Å². The van der Waals surface area contributed by atoms with Gasteiger partial charge in [0.25, 0.3) is 0 Å². The van der Waals surface area contributed by atoms with Crippen molar-refractivity contribution in [1.29, 1.82) is 0 Å². The van der Waals surface area contributed by atoms with Gasteiger partial charge in [-0.25, -0.2) is 17.4 Å². The SMILES string of the molecule is COc1cc(F)ccc1/C=C/C(=O)/C=C(/C=C/c1ccc(F)cc1OC)OB(F)F. The van der Waals surface area contributed by atoms with E-state index in [1.165, 1.54) is 50.6 Å². The van der Waals surface area contributed by atoms with Gasteiger partial charge in [0.2, 0.25) is 0 Å². The first-order valence-electron chi connectivity index (χ1n) is 8.56. The zero-order valence-corrected chi connectivity index (χ0v) is 16.1. The van der Waals surface area contributed by atoms with Crippen LogP contribution in [0.1, 0.15) is 11.1 Å². The van der Waals surface area contributed by atoms with E-state index in [1.54, 1.807) is 0 Å². The average molecular weight is 420 g/mol. The summed E-state index contributed by atoms with van der Waals surface area (Å²) in [6, 6.07) is 7.41. The molecule has 4 nitrogen and oxygen atoms in total. The molecular formula is C21H17BF4O4. The van der Waals surface area contributed by atoms with Gasteiger partial charge in [0.1, 0.15) is 28.9 Å². The number of carbonyl (C=O) groups excluding carboxylic acids is 1. The quantitative estimate of drug-likeness (QED) is 0.186. The van der Waals surface area contributed by atoms with Gasteiger partial charge in [-0.15, -0.1) is 0 Å². The lowest BCUT2D eigenvalue weighted by Crippen LogP contribution is -2.05. The lowest BCUT2D eigenvalue weighted by atomic mass is 10.1. The molecule has 0 heterocycles. The highest BCUT2D eigenvalue weighted by molar-refractivity contribution is 6.35. The lowest BCUT2D eigenvalue weighted by Gasteiger charge is -2.06. The Labute approximate surface area is 171 Å². The maximum atomic E-state index is 13.3. The number of carbonyl (C=O) groups is 1. The third kappa shape index (κ3) is 6.84. The van der Waals surface area contributed by atoms with Crippen LogP contribution in [0, 0.1) is 11.6 Å². The van der Waals surface area contributed by atoms with Gasteiger partial charge in [0.05, 0.1) is 14.2 Å². The Hall–Kier alpha value is -3.49. The Bertz CT molecular complexity index is 987. The molecule has 0 aliphatic carbocycles. The van der Waals surface area contributed by atoms with Crippen molar-refractivity contribution >= 4 is 25.4 Å². The highest BCUT2D eigenvalue weighted by Gasteiger charge is 2.18. The summed E-state index contributed by atoms with van der Waals surface area (Å²) in [7, 11) is -0.488. The fourth-order valence-corrected chi connectivity index (χ4v) is 2.40. The van der Waals surface area contributed by atoms with Crippen LogP contribution in [0.5, 0.6) is 11.5 Å². The molecule has 0 fully saturated rings. The van der Waals surface area contributed by atoms with Gasteiger partial charge in [0, 0.05) is 29.3 Å². The Balaban J connectivity index is 2.25. The standard InChI is InChI=1S/C21H17BF4O4/c1-28-20-11-16(23)7-3-14(20)5-9-18(27)13-19(30-22(25)26)10-6-15-4-8-17(24)12-21(15)29-2/h3-13H,1-2H3/b9-5+,10-6+,19-13-. The van der Waals surface area contributed by atoms with Gasteiger partial charge in [-0.1, -0.05) is 0 Å². The Kier molecular flexibility index (Phi) is 8.28. The van der Waals surface area contributed by atoms with Crippen LogP contribution in [-0.4, -0.2) is 27.5 Å². The monoisotopic (exact) mass is 420 g/mol. The molecule has 0 aromatic heterocycles. The smallest absolute Gasteiger partial charge is 0.505 e. The van der Waals surface area contributed by atoms with Gasteiger partial charge in [-0.2, -0.15) is 0 Å². The molecule has 0 aliphatic heterocycles. The van der Waals surface area contributed by atoms with Crippen molar-refractivity contribution in [2.24, 2.45) is 0 Å². The molecule has 0 saturated carbocycles. The van der Waals surface area contributed by atoms with Gasteiger partial charge in [-0.05, 0) is 48.6 Å². The van der Waals surface area contributed by atoms with Crippen molar-refractivity contribution in [3.8, 4) is 11.5 Å². The summed E-state index contributed by atoms with van der Waals surface area (Å²) in [6.07, 6.45) is 5.77. The Morgan fingerprint density at radius 1 is 0.867 bits per heavy atom. The molecular weight excluding hydrogens is 403 g/mol. The molecule has 0 atom stereocenters. The largest absolute Gasteiger partial charge is 0.796 e. The van der Waals surface area contributed by atoms with E-state index < -0.39 is 30.6 Å². The molecule has 0 spiro atoms. The summed E-state index contributed by atoms with van der Waals surface area (Å²) in [4.78, 5) is 12.1. The van der Waals surface area contributed by atoms with Crippen molar-refractivity contribution < 1.29 is 36.3 Å². The maximum Gasteiger partial charge on any atom is 0.796 e. The third-order valence-electron chi connectivity index (χ3n) is 3.76. The predicted octanol–water partition coefficient (Wildman–Crippen LogP) is 5.10. The van der Waals surface area contributed by atoms with E-state index in [-0.39, 0.29) is 11.5 Å². The van der Waals surface area contributed by atoms with E-state index >= 15 is 0 Å². The van der Waals surface area contributed by atoms with E-state index in [1.807, 2.05) is 0 Å². The molecule has 0 amide bonds. The minimum absolute atomic E-state index is 0.178. The number of ketones is 1. The zero-order valence-electron chi connectivity index (χ0n) is 16.1. The molecule has 30 heavy (non-hydrogen) atoms. The van der Waals surface area contributed by atoms with E-state index in [2.05, 4.69) is 4.65 Å². The van der Waals surface area contributed by atoms with Crippen LogP contribution < -0.4 is 9.47 Å². The van der Waals surface area contributed by atoms with Crippen molar-refractivity contribution in [1.82, 2.24) is 0 Å². The fraction of sp³-hybridized carbons (Fsp3) is 0.0952. The van der Waals surface area contributed by atoms with Crippen LogP contribution in [0.15, 0.2) is 60.4 Å². The summed E-state index contributed by atoms with van der Waals surface area (Å²) < 4.78 is 66.3. The number of halogens is 4. The van der Waals surface area contributed by atoms with Gasteiger partial charge in [0.15, 0.2) is 5.78 Å². The Morgan fingerprint density at radius 3 is 1.83 bits per heavy atom.